The third-order valence-electron chi connectivity index (χ3n) is 6.97. The molecule has 3 aromatic rings. The summed E-state index contributed by atoms with van der Waals surface area (Å²) in [6, 6.07) is 11.2. The van der Waals surface area contributed by atoms with Crippen molar-refractivity contribution in [3.8, 4) is 0 Å². The first kappa shape index (κ1) is 17.8. The summed E-state index contributed by atoms with van der Waals surface area (Å²) < 4.78 is 20.4. The molecule has 1 aliphatic carbocycles. The summed E-state index contributed by atoms with van der Waals surface area (Å²) in [5, 5.41) is 1.22. The van der Waals surface area contributed by atoms with Gasteiger partial charge in [0.25, 0.3) is 0 Å². The molecule has 146 valence electrons. The quantitative estimate of drug-likeness (QED) is 0.713. The minimum atomic E-state index is -0.291. The molecular weight excluding hydrogens is 353 g/mol. The van der Waals surface area contributed by atoms with E-state index in [1.54, 1.807) is 6.07 Å². The summed E-state index contributed by atoms with van der Waals surface area (Å²) in [4.78, 5) is 10.3. The van der Waals surface area contributed by atoms with Gasteiger partial charge in [-0.2, -0.15) is 0 Å². The van der Waals surface area contributed by atoms with Gasteiger partial charge in [-0.3, -0.25) is 4.90 Å². The molecule has 5 heteroatoms. The Morgan fingerprint density at radius 1 is 1.11 bits per heavy atom. The summed E-state index contributed by atoms with van der Waals surface area (Å²) in [5.41, 5.74) is 4.12. The van der Waals surface area contributed by atoms with Crippen molar-refractivity contribution >= 4 is 11.0 Å². The van der Waals surface area contributed by atoms with Gasteiger partial charge >= 0.3 is 0 Å². The van der Waals surface area contributed by atoms with Crippen LogP contribution < -0.4 is 0 Å². The normalized spacial score (nSPS) is 27.4. The van der Waals surface area contributed by atoms with Crippen molar-refractivity contribution in [3.63, 3.8) is 0 Å². The van der Waals surface area contributed by atoms with Gasteiger partial charge in [0.15, 0.2) is 0 Å². The van der Waals surface area contributed by atoms with Crippen molar-refractivity contribution in [1.29, 1.82) is 0 Å². The van der Waals surface area contributed by atoms with E-state index in [0.29, 0.717) is 0 Å². The molecule has 0 radical (unpaired) electrons. The number of benzene rings is 1. The first-order valence-corrected chi connectivity index (χ1v) is 10.1. The second-order valence-corrected chi connectivity index (χ2v) is 8.41. The van der Waals surface area contributed by atoms with E-state index in [0.717, 1.165) is 49.9 Å². The van der Waals surface area contributed by atoms with Crippen LogP contribution in [-0.4, -0.2) is 35.6 Å². The Hall–Kier alpha value is -2.24. The van der Waals surface area contributed by atoms with Crippen LogP contribution in [0.3, 0.4) is 0 Å². The van der Waals surface area contributed by atoms with E-state index in [-0.39, 0.29) is 17.0 Å². The standard InChI is InChI=1S/C23H26FN3O/c1-27(2)22(16-5-3-6-17(24)15-16)9-11-23(12-10-22)20-18(8-14-28-23)19-7-4-13-25-21(19)26-20/h3-7,13,15H,8-12,14H2,1-2H3,(H,25,26). The molecular formula is C23H26FN3O. The minimum absolute atomic E-state index is 0.168. The number of aromatic nitrogens is 2. The topological polar surface area (TPSA) is 41.1 Å². The number of halogens is 1. The Balaban J connectivity index is 1.53. The van der Waals surface area contributed by atoms with Crippen LogP contribution in [0.5, 0.6) is 0 Å². The average molecular weight is 379 g/mol. The van der Waals surface area contributed by atoms with E-state index in [2.05, 4.69) is 41.1 Å². The molecule has 3 heterocycles. The molecule has 1 aromatic carbocycles. The largest absolute Gasteiger partial charge is 0.368 e. The average Bonchev–Trinajstić information content (AvgIpc) is 3.09. The predicted molar refractivity (Wildman–Crippen MR) is 108 cm³/mol. The van der Waals surface area contributed by atoms with Crippen molar-refractivity contribution in [2.75, 3.05) is 20.7 Å². The number of fused-ring (bicyclic) bond motifs is 4. The van der Waals surface area contributed by atoms with E-state index >= 15 is 0 Å². The number of ether oxygens (including phenoxy) is 1. The van der Waals surface area contributed by atoms with E-state index in [9.17, 15) is 4.39 Å². The maximum absolute atomic E-state index is 14.0. The number of nitrogens with one attached hydrogen (secondary N) is 1. The summed E-state index contributed by atoms with van der Waals surface area (Å²) in [7, 11) is 4.20. The molecule has 1 saturated carbocycles. The van der Waals surface area contributed by atoms with Crippen LogP contribution in [0.25, 0.3) is 11.0 Å². The molecule has 1 fully saturated rings. The molecule has 1 aliphatic heterocycles. The first-order chi connectivity index (χ1) is 13.5. The van der Waals surface area contributed by atoms with E-state index in [1.165, 1.54) is 22.7 Å². The Morgan fingerprint density at radius 3 is 2.68 bits per heavy atom. The minimum Gasteiger partial charge on any atom is -0.368 e. The fraction of sp³-hybridized carbons (Fsp3) is 0.435. The molecule has 2 aromatic heterocycles. The Bertz CT molecular complexity index is 1020. The van der Waals surface area contributed by atoms with Crippen molar-refractivity contribution in [2.45, 2.75) is 43.2 Å². The summed E-state index contributed by atoms with van der Waals surface area (Å²) in [5.74, 6) is -0.170. The number of nitrogens with zero attached hydrogens (tertiary/aromatic N) is 2. The van der Waals surface area contributed by atoms with Gasteiger partial charge in [0.1, 0.15) is 17.1 Å². The van der Waals surface area contributed by atoms with Crippen LogP contribution in [0.1, 0.15) is 42.5 Å². The zero-order valence-electron chi connectivity index (χ0n) is 16.5. The second-order valence-electron chi connectivity index (χ2n) is 8.41. The third kappa shape index (κ3) is 2.53. The Morgan fingerprint density at radius 2 is 1.93 bits per heavy atom. The molecule has 28 heavy (non-hydrogen) atoms. The number of rotatable bonds is 2. The monoisotopic (exact) mass is 379 g/mol. The molecule has 0 bridgehead atoms. The van der Waals surface area contributed by atoms with Crippen LogP contribution in [-0.2, 0) is 22.3 Å². The fourth-order valence-electron chi connectivity index (χ4n) is 5.38. The number of pyridine rings is 1. The highest BCUT2D eigenvalue weighted by atomic mass is 19.1. The highest BCUT2D eigenvalue weighted by Crippen LogP contribution is 2.52. The molecule has 5 rings (SSSR count). The zero-order chi connectivity index (χ0) is 19.4. The zero-order valence-corrected chi connectivity index (χ0v) is 16.5. The van der Waals surface area contributed by atoms with Gasteiger partial charge in [-0.25, -0.2) is 9.37 Å². The lowest BCUT2D eigenvalue weighted by Gasteiger charge is -2.50. The summed E-state index contributed by atoms with van der Waals surface area (Å²) in [6.45, 7) is 0.740. The van der Waals surface area contributed by atoms with Crippen molar-refractivity contribution in [3.05, 3.63) is 65.2 Å². The number of aromatic amines is 1. The second kappa shape index (κ2) is 6.39. The molecule has 0 saturated heterocycles. The molecule has 0 unspecified atom stereocenters. The highest BCUT2D eigenvalue weighted by Gasteiger charge is 2.49. The first-order valence-electron chi connectivity index (χ1n) is 10.1. The van der Waals surface area contributed by atoms with Crippen LogP contribution in [0.2, 0.25) is 0 Å². The van der Waals surface area contributed by atoms with Crippen molar-refractivity contribution in [1.82, 2.24) is 14.9 Å². The lowest BCUT2D eigenvalue weighted by atomic mass is 9.68. The van der Waals surface area contributed by atoms with Gasteiger partial charge in [0.05, 0.1) is 12.3 Å². The number of hydrogen-bond acceptors (Lipinski definition) is 3. The predicted octanol–water partition coefficient (Wildman–Crippen LogP) is 4.50. The maximum atomic E-state index is 14.0. The highest BCUT2D eigenvalue weighted by molar-refractivity contribution is 5.82. The molecule has 0 amide bonds. The molecule has 0 atom stereocenters. The van der Waals surface area contributed by atoms with Crippen molar-refractivity contribution in [2.24, 2.45) is 0 Å². The van der Waals surface area contributed by atoms with Crippen LogP contribution in [0.15, 0.2) is 42.6 Å². The molecule has 4 nitrogen and oxygen atoms in total. The lowest BCUT2D eigenvalue weighted by molar-refractivity contribution is -0.113. The molecule has 1 spiro atoms. The Kier molecular flexibility index (Phi) is 4.07. The van der Waals surface area contributed by atoms with Gasteiger partial charge in [-0.1, -0.05) is 12.1 Å². The van der Waals surface area contributed by atoms with Gasteiger partial charge < -0.3 is 9.72 Å². The summed E-state index contributed by atoms with van der Waals surface area (Å²) >= 11 is 0. The van der Waals surface area contributed by atoms with Crippen LogP contribution in [0.4, 0.5) is 4.39 Å². The van der Waals surface area contributed by atoms with Gasteiger partial charge in [-0.15, -0.1) is 0 Å². The van der Waals surface area contributed by atoms with Gasteiger partial charge in [0, 0.05) is 17.1 Å². The van der Waals surface area contributed by atoms with Crippen LogP contribution >= 0.6 is 0 Å². The molecule has 1 N–H and O–H groups in total. The number of H-pyrrole nitrogens is 1. The smallest absolute Gasteiger partial charge is 0.137 e. The fourth-order valence-corrected chi connectivity index (χ4v) is 5.38. The lowest BCUT2D eigenvalue weighted by Crippen LogP contribution is -2.50. The third-order valence-corrected chi connectivity index (χ3v) is 6.97. The van der Waals surface area contributed by atoms with Gasteiger partial charge in [-0.05, 0) is 81.6 Å². The van der Waals surface area contributed by atoms with Crippen LogP contribution in [0, 0.1) is 5.82 Å². The molecule has 2 aliphatic rings. The Labute approximate surface area is 164 Å². The summed E-state index contributed by atoms with van der Waals surface area (Å²) in [6.07, 6.45) is 6.41. The maximum Gasteiger partial charge on any atom is 0.137 e. The SMILES string of the molecule is CN(C)C1(c2cccc(F)c2)CCC2(CC1)OCCc1c2[nH]c2ncccc12. The van der Waals surface area contributed by atoms with E-state index in [4.69, 9.17) is 4.74 Å². The van der Waals surface area contributed by atoms with Crippen molar-refractivity contribution < 1.29 is 9.13 Å². The van der Waals surface area contributed by atoms with E-state index in [1.807, 2.05) is 18.3 Å². The van der Waals surface area contributed by atoms with Gasteiger partial charge in [0.2, 0.25) is 0 Å². The number of hydrogen-bond donors (Lipinski definition) is 1. The van der Waals surface area contributed by atoms with E-state index < -0.39 is 0 Å².